The van der Waals surface area contributed by atoms with E-state index in [0.29, 0.717) is 12.5 Å². The zero-order valence-electron chi connectivity index (χ0n) is 11.1. The molecule has 18 heavy (non-hydrogen) atoms. The van der Waals surface area contributed by atoms with Crippen LogP contribution in [0.4, 0.5) is 0 Å². The van der Waals surface area contributed by atoms with Gasteiger partial charge in [0.1, 0.15) is 5.82 Å². The normalized spacial score (nSPS) is 15.1. The molecule has 1 aromatic rings. The van der Waals surface area contributed by atoms with Gasteiger partial charge in [0.05, 0.1) is 0 Å². The van der Waals surface area contributed by atoms with Crippen molar-refractivity contribution in [2.45, 2.75) is 32.6 Å². The SMILES string of the molecule is CCN(CC)CCNC(=O)c1n[nH]c(C2CC2)n1. The van der Waals surface area contributed by atoms with Crippen molar-refractivity contribution in [2.75, 3.05) is 26.2 Å². The molecule has 2 rings (SSSR count). The van der Waals surface area contributed by atoms with E-state index in [9.17, 15) is 4.79 Å². The highest BCUT2D eigenvalue weighted by atomic mass is 16.2. The zero-order chi connectivity index (χ0) is 13.0. The summed E-state index contributed by atoms with van der Waals surface area (Å²) in [5, 5.41) is 9.64. The minimum atomic E-state index is -0.190. The topological polar surface area (TPSA) is 73.9 Å². The standard InChI is InChI=1S/C12H21N5O/c1-3-17(4-2)8-7-13-12(18)11-14-10(15-16-11)9-5-6-9/h9H,3-8H2,1-2H3,(H,13,18)(H,14,15,16). The van der Waals surface area contributed by atoms with Crippen LogP contribution in [0, 0.1) is 0 Å². The van der Waals surface area contributed by atoms with E-state index in [-0.39, 0.29) is 11.7 Å². The van der Waals surface area contributed by atoms with Crippen molar-refractivity contribution in [3.63, 3.8) is 0 Å². The van der Waals surface area contributed by atoms with Gasteiger partial charge in [-0.1, -0.05) is 13.8 Å². The van der Waals surface area contributed by atoms with Crippen molar-refractivity contribution in [2.24, 2.45) is 0 Å². The average Bonchev–Trinajstić information content (AvgIpc) is 3.12. The Bertz CT molecular complexity index is 395. The maximum atomic E-state index is 11.8. The molecule has 1 aromatic heterocycles. The smallest absolute Gasteiger partial charge is 0.291 e. The molecule has 6 nitrogen and oxygen atoms in total. The molecule has 1 saturated carbocycles. The summed E-state index contributed by atoms with van der Waals surface area (Å²) in [5.74, 6) is 1.42. The van der Waals surface area contributed by atoms with Gasteiger partial charge in [-0.2, -0.15) is 0 Å². The van der Waals surface area contributed by atoms with Crippen LogP contribution in [0.5, 0.6) is 0 Å². The quantitative estimate of drug-likeness (QED) is 0.750. The Kier molecular flexibility index (Phi) is 4.30. The number of likely N-dealkylation sites (N-methyl/N-ethyl adjacent to an activating group) is 1. The monoisotopic (exact) mass is 251 g/mol. The lowest BCUT2D eigenvalue weighted by Crippen LogP contribution is -2.35. The van der Waals surface area contributed by atoms with Gasteiger partial charge in [-0.05, 0) is 25.9 Å². The summed E-state index contributed by atoms with van der Waals surface area (Å²) in [6.07, 6.45) is 2.30. The van der Waals surface area contributed by atoms with Gasteiger partial charge in [0.25, 0.3) is 5.91 Å². The number of rotatable bonds is 7. The van der Waals surface area contributed by atoms with Gasteiger partial charge in [-0.15, -0.1) is 5.10 Å². The highest BCUT2D eigenvalue weighted by Gasteiger charge is 2.28. The highest BCUT2D eigenvalue weighted by Crippen LogP contribution is 2.37. The molecule has 0 bridgehead atoms. The van der Waals surface area contributed by atoms with Crippen molar-refractivity contribution >= 4 is 5.91 Å². The number of H-pyrrole nitrogens is 1. The van der Waals surface area contributed by atoms with Crippen molar-refractivity contribution < 1.29 is 4.79 Å². The van der Waals surface area contributed by atoms with Gasteiger partial charge >= 0.3 is 0 Å². The molecule has 1 aliphatic rings. The molecule has 1 fully saturated rings. The fourth-order valence-electron chi connectivity index (χ4n) is 1.86. The fourth-order valence-corrected chi connectivity index (χ4v) is 1.86. The Labute approximate surface area is 107 Å². The predicted molar refractivity (Wildman–Crippen MR) is 68.5 cm³/mol. The van der Waals surface area contributed by atoms with Gasteiger partial charge in [0.15, 0.2) is 0 Å². The molecule has 0 aliphatic heterocycles. The number of amides is 1. The first-order valence-electron chi connectivity index (χ1n) is 6.67. The Morgan fingerprint density at radius 1 is 1.44 bits per heavy atom. The first-order valence-corrected chi connectivity index (χ1v) is 6.67. The number of carbonyl (C=O) groups excluding carboxylic acids is 1. The molecule has 0 unspecified atom stereocenters. The van der Waals surface area contributed by atoms with E-state index in [1.807, 2.05) is 0 Å². The number of nitrogens with zero attached hydrogens (tertiary/aromatic N) is 3. The fraction of sp³-hybridized carbons (Fsp3) is 0.750. The van der Waals surface area contributed by atoms with Crippen molar-refractivity contribution in [3.05, 3.63) is 11.6 Å². The Balaban J connectivity index is 1.76. The van der Waals surface area contributed by atoms with Crippen molar-refractivity contribution in [3.8, 4) is 0 Å². The van der Waals surface area contributed by atoms with Crippen LogP contribution in [0.1, 0.15) is 49.1 Å². The number of hydrogen-bond donors (Lipinski definition) is 2. The van der Waals surface area contributed by atoms with E-state index >= 15 is 0 Å². The third-order valence-electron chi connectivity index (χ3n) is 3.28. The second-order valence-corrected chi connectivity index (χ2v) is 4.60. The second kappa shape index (κ2) is 5.95. The van der Waals surface area contributed by atoms with Gasteiger partial charge in [0.2, 0.25) is 5.82 Å². The molecular weight excluding hydrogens is 230 g/mol. The van der Waals surface area contributed by atoms with Crippen LogP contribution in [0.25, 0.3) is 0 Å². The lowest BCUT2D eigenvalue weighted by Gasteiger charge is -2.17. The van der Waals surface area contributed by atoms with E-state index in [0.717, 1.165) is 38.3 Å². The second-order valence-electron chi connectivity index (χ2n) is 4.60. The minimum absolute atomic E-state index is 0.190. The van der Waals surface area contributed by atoms with Gasteiger partial charge in [0, 0.05) is 19.0 Å². The highest BCUT2D eigenvalue weighted by molar-refractivity contribution is 5.90. The van der Waals surface area contributed by atoms with E-state index in [1.165, 1.54) is 0 Å². The Morgan fingerprint density at radius 3 is 2.78 bits per heavy atom. The molecule has 1 heterocycles. The van der Waals surface area contributed by atoms with Crippen LogP contribution >= 0.6 is 0 Å². The zero-order valence-corrected chi connectivity index (χ0v) is 11.1. The van der Waals surface area contributed by atoms with Crippen molar-refractivity contribution in [1.82, 2.24) is 25.4 Å². The molecular formula is C12H21N5O. The van der Waals surface area contributed by atoms with Crippen molar-refractivity contribution in [1.29, 1.82) is 0 Å². The van der Waals surface area contributed by atoms with E-state index in [4.69, 9.17) is 0 Å². The van der Waals surface area contributed by atoms with Crippen LogP contribution in [0.15, 0.2) is 0 Å². The van der Waals surface area contributed by atoms with Gasteiger partial charge < -0.3 is 10.2 Å². The third-order valence-corrected chi connectivity index (χ3v) is 3.28. The molecule has 1 aliphatic carbocycles. The number of hydrogen-bond acceptors (Lipinski definition) is 4. The summed E-state index contributed by atoms with van der Waals surface area (Å²) in [6.45, 7) is 7.72. The predicted octanol–water partition coefficient (Wildman–Crippen LogP) is 0.754. The van der Waals surface area contributed by atoms with E-state index < -0.39 is 0 Å². The number of nitrogens with one attached hydrogen (secondary N) is 2. The molecule has 100 valence electrons. The summed E-state index contributed by atoms with van der Waals surface area (Å²) in [7, 11) is 0. The third kappa shape index (κ3) is 3.29. The van der Waals surface area contributed by atoms with Gasteiger partial charge in [-0.3, -0.25) is 9.89 Å². The lowest BCUT2D eigenvalue weighted by atomic mass is 10.4. The van der Waals surface area contributed by atoms with Crippen LogP contribution in [0.3, 0.4) is 0 Å². The average molecular weight is 251 g/mol. The van der Waals surface area contributed by atoms with Crippen LogP contribution in [-0.2, 0) is 0 Å². The molecule has 0 atom stereocenters. The number of aromatic amines is 1. The summed E-state index contributed by atoms with van der Waals surface area (Å²) >= 11 is 0. The van der Waals surface area contributed by atoms with Crippen LogP contribution in [-0.4, -0.2) is 52.2 Å². The minimum Gasteiger partial charge on any atom is -0.348 e. The molecule has 0 spiro atoms. The number of aromatic nitrogens is 3. The molecule has 2 N–H and O–H groups in total. The van der Waals surface area contributed by atoms with Crippen LogP contribution in [0.2, 0.25) is 0 Å². The summed E-state index contributed by atoms with van der Waals surface area (Å²) < 4.78 is 0. The summed E-state index contributed by atoms with van der Waals surface area (Å²) in [4.78, 5) is 18.3. The maximum Gasteiger partial charge on any atom is 0.291 e. The Morgan fingerprint density at radius 2 is 2.17 bits per heavy atom. The largest absolute Gasteiger partial charge is 0.348 e. The number of carbonyl (C=O) groups is 1. The molecule has 0 radical (unpaired) electrons. The first kappa shape index (κ1) is 13.0. The summed E-state index contributed by atoms with van der Waals surface area (Å²) in [5.41, 5.74) is 0. The van der Waals surface area contributed by atoms with Crippen LogP contribution < -0.4 is 5.32 Å². The summed E-state index contributed by atoms with van der Waals surface area (Å²) in [6, 6.07) is 0. The maximum absolute atomic E-state index is 11.8. The van der Waals surface area contributed by atoms with Gasteiger partial charge in [-0.25, -0.2) is 4.98 Å². The Hall–Kier alpha value is -1.43. The van der Waals surface area contributed by atoms with E-state index in [1.54, 1.807) is 0 Å². The molecule has 1 amide bonds. The molecule has 0 saturated heterocycles. The lowest BCUT2D eigenvalue weighted by molar-refractivity contribution is 0.0939. The van der Waals surface area contributed by atoms with E-state index in [2.05, 4.69) is 39.2 Å². The molecule has 0 aromatic carbocycles. The first-order chi connectivity index (χ1) is 8.74. The molecule has 6 heteroatoms.